The summed E-state index contributed by atoms with van der Waals surface area (Å²) in [6.45, 7) is 4.77. The number of nitrogens with zero attached hydrogens (tertiary/aromatic N) is 4. The molecule has 3 amide bonds. The van der Waals surface area contributed by atoms with Gasteiger partial charge >= 0.3 is 6.03 Å². The van der Waals surface area contributed by atoms with Gasteiger partial charge in [0, 0.05) is 18.7 Å². The van der Waals surface area contributed by atoms with Crippen LogP contribution >= 0.6 is 0 Å². The maximum absolute atomic E-state index is 12.8. The molecule has 1 atom stereocenters. The highest BCUT2D eigenvalue weighted by Gasteiger charge is 2.48. The smallest absolute Gasteiger partial charge is 0.330 e. The van der Waals surface area contributed by atoms with Crippen molar-refractivity contribution in [2.45, 2.75) is 25.6 Å². The number of imide groups is 1. The topological polar surface area (TPSA) is 58.4 Å². The molecule has 3 heterocycles. The molecule has 23 heavy (non-hydrogen) atoms. The van der Waals surface area contributed by atoms with Crippen LogP contribution in [0.25, 0.3) is 0 Å². The Bertz CT molecular complexity index is 796. The number of para-hydroxylation sites is 1. The van der Waals surface area contributed by atoms with Gasteiger partial charge in [-0.1, -0.05) is 24.3 Å². The number of allylic oxidation sites excluding steroid dienone is 1. The highest BCUT2D eigenvalue weighted by Crippen LogP contribution is 2.32. The van der Waals surface area contributed by atoms with Crippen molar-refractivity contribution in [3.05, 3.63) is 60.7 Å². The minimum Gasteiger partial charge on any atom is -0.330 e. The first-order chi connectivity index (χ1) is 11.2. The van der Waals surface area contributed by atoms with Gasteiger partial charge in [-0.25, -0.2) is 14.7 Å². The molecule has 116 valence electrons. The van der Waals surface area contributed by atoms with Crippen LogP contribution in [0.5, 0.6) is 0 Å². The SMILES string of the molecule is C=CCn1cnc2c1CC1C(=O)N(c3ccccc3)C(=O)N1C2. The fourth-order valence-electron chi connectivity index (χ4n) is 3.29. The summed E-state index contributed by atoms with van der Waals surface area (Å²) in [5.41, 5.74) is 2.49. The Morgan fingerprint density at radius 3 is 2.78 bits per heavy atom. The van der Waals surface area contributed by atoms with Crippen LogP contribution in [-0.2, 0) is 24.3 Å². The predicted octanol–water partition coefficient (Wildman–Crippen LogP) is 1.96. The van der Waals surface area contributed by atoms with E-state index in [2.05, 4.69) is 11.6 Å². The van der Waals surface area contributed by atoms with E-state index in [-0.39, 0.29) is 11.9 Å². The number of urea groups is 1. The number of carbonyl (C=O) groups excluding carboxylic acids is 2. The minimum atomic E-state index is -0.449. The molecule has 1 aromatic carbocycles. The lowest BCUT2D eigenvalue weighted by Crippen LogP contribution is -2.40. The number of imidazole rings is 1. The molecule has 0 aliphatic carbocycles. The molecule has 6 heteroatoms. The Morgan fingerprint density at radius 2 is 2.04 bits per heavy atom. The number of carbonyl (C=O) groups is 2. The monoisotopic (exact) mass is 308 g/mol. The molecule has 1 unspecified atom stereocenters. The van der Waals surface area contributed by atoms with Crippen molar-refractivity contribution >= 4 is 17.6 Å². The highest BCUT2D eigenvalue weighted by molar-refractivity contribution is 6.21. The van der Waals surface area contributed by atoms with Gasteiger partial charge in [0.05, 0.1) is 24.3 Å². The maximum Gasteiger partial charge on any atom is 0.332 e. The van der Waals surface area contributed by atoms with Crippen molar-refractivity contribution in [2.24, 2.45) is 0 Å². The van der Waals surface area contributed by atoms with E-state index in [1.54, 1.807) is 29.4 Å². The van der Waals surface area contributed by atoms with E-state index in [9.17, 15) is 9.59 Å². The summed E-state index contributed by atoms with van der Waals surface area (Å²) in [4.78, 5) is 32.7. The first-order valence-electron chi connectivity index (χ1n) is 7.54. The molecular formula is C17H16N4O2. The van der Waals surface area contributed by atoms with E-state index in [4.69, 9.17) is 0 Å². The zero-order chi connectivity index (χ0) is 16.0. The van der Waals surface area contributed by atoms with Crippen LogP contribution in [0.3, 0.4) is 0 Å². The number of fused-ring (bicyclic) bond motifs is 2. The third-order valence-corrected chi connectivity index (χ3v) is 4.40. The summed E-state index contributed by atoms with van der Waals surface area (Å²) in [6.07, 6.45) is 4.04. The summed E-state index contributed by atoms with van der Waals surface area (Å²) < 4.78 is 1.99. The molecule has 4 rings (SSSR count). The third-order valence-electron chi connectivity index (χ3n) is 4.40. The molecule has 2 aromatic rings. The fourth-order valence-corrected chi connectivity index (χ4v) is 3.29. The van der Waals surface area contributed by atoms with Gasteiger partial charge in [-0.2, -0.15) is 0 Å². The van der Waals surface area contributed by atoms with Crippen LogP contribution in [0.4, 0.5) is 10.5 Å². The molecule has 2 aliphatic rings. The third kappa shape index (κ3) is 1.98. The number of hydrogen-bond donors (Lipinski definition) is 0. The lowest BCUT2D eigenvalue weighted by molar-refractivity contribution is -0.120. The van der Waals surface area contributed by atoms with Gasteiger partial charge in [0.15, 0.2) is 0 Å². The second-order valence-corrected chi connectivity index (χ2v) is 5.72. The zero-order valence-electron chi connectivity index (χ0n) is 12.6. The molecular weight excluding hydrogens is 292 g/mol. The van der Waals surface area contributed by atoms with Crippen LogP contribution < -0.4 is 4.90 Å². The van der Waals surface area contributed by atoms with Gasteiger partial charge in [-0.3, -0.25) is 4.79 Å². The number of rotatable bonds is 3. The van der Waals surface area contributed by atoms with Crippen molar-refractivity contribution in [2.75, 3.05) is 4.90 Å². The van der Waals surface area contributed by atoms with Crippen LogP contribution in [0.2, 0.25) is 0 Å². The minimum absolute atomic E-state index is 0.168. The van der Waals surface area contributed by atoms with E-state index in [0.29, 0.717) is 25.2 Å². The van der Waals surface area contributed by atoms with Gasteiger partial charge in [0.2, 0.25) is 0 Å². The first-order valence-corrected chi connectivity index (χ1v) is 7.54. The summed E-state index contributed by atoms with van der Waals surface area (Å²) in [7, 11) is 0. The molecule has 6 nitrogen and oxygen atoms in total. The van der Waals surface area contributed by atoms with Crippen LogP contribution in [0.1, 0.15) is 11.4 Å². The Morgan fingerprint density at radius 1 is 1.26 bits per heavy atom. The van der Waals surface area contributed by atoms with E-state index < -0.39 is 6.04 Å². The van der Waals surface area contributed by atoms with E-state index in [0.717, 1.165) is 11.4 Å². The lowest BCUT2D eigenvalue weighted by Gasteiger charge is -2.26. The summed E-state index contributed by atoms with van der Waals surface area (Å²) in [5.74, 6) is -0.168. The first kappa shape index (κ1) is 13.8. The average Bonchev–Trinajstić information content (AvgIpc) is 3.07. The predicted molar refractivity (Wildman–Crippen MR) is 84.8 cm³/mol. The Kier molecular flexibility index (Phi) is 3.04. The fraction of sp³-hybridized carbons (Fsp3) is 0.235. The maximum atomic E-state index is 12.8. The Labute approximate surface area is 133 Å². The van der Waals surface area contributed by atoms with Gasteiger partial charge in [0.1, 0.15) is 6.04 Å². The summed E-state index contributed by atoms with van der Waals surface area (Å²) in [5, 5.41) is 0. The normalized spacial score (nSPS) is 19.7. The summed E-state index contributed by atoms with van der Waals surface area (Å²) in [6, 6.07) is 8.34. The Balaban J connectivity index is 1.69. The van der Waals surface area contributed by atoms with E-state index >= 15 is 0 Å². The highest BCUT2D eigenvalue weighted by atomic mass is 16.2. The van der Waals surface area contributed by atoms with Crippen molar-refractivity contribution in [3.63, 3.8) is 0 Å². The van der Waals surface area contributed by atoms with Crippen molar-refractivity contribution < 1.29 is 9.59 Å². The average molecular weight is 308 g/mol. The quantitative estimate of drug-likeness (QED) is 0.643. The summed E-state index contributed by atoms with van der Waals surface area (Å²) >= 11 is 0. The van der Waals surface area contributed by atoms with E-state index in [1.165, 1.54) is 4.90 Å². The van der Waals surface area contributed by atoms with Gasteiger partial charge in [-0.05, 0) is 12.1 Å². The molecule has 0 bridgehead atoms. The van der Waals surface area contributed by atoms with Crippen molar-refractivity contribution in [3.8, 4) is 0 Å². The second kappa shape index (κ2) is 5.08. The number of hydrogen-bond acceptors (Lipinski definition) is 3. The number of anilines is 1. The zero-order valence-corrected chi connectivity index (χ0v) is 12.6. The van der Waals surface area contributed by atoms with E-state index in [1.807, 2.05) is 22.8 Å². The number of benzene rings is 1. The molecule has 1 aromatic heterocycles. The van der Waals surface area contributed by atoms with Crippen LogP contribution in [-0.4, -0.2) is 32.4 Å². The molecule has 2 aliphatic heterocycles. The van der Waals surface area contributed by atoms with Crippen LogP contribution in [0.15, 0.2) is 49.3 Å². The molecule has 0 saturated carbocycles. The molecule has 0 radical (unpaired) electrons. The molecule has 1 fully saturated rings. The molecule has 0 spiro atoms. The molecule has 1 saturated heterocycles. The largest absolute Gasteiger partial charge is 0.332 e. The van der Waals surface area contributed by atoms with Gasteiger partial charge < -0.3 is 9.47 Å². The number of aromatic nitrogens is 2. The Hall–Kier alpha value is -2.89. The molecule has 0 N–H and O–H groups in total. The van der Waals surface area contributed by atoms with Crippen molar-refractivity contribution in [1.29, 1.82) is 0 Å². The number of amides is 3. The van der Waals surface area contributed by atoms with Gasteiger partial charge in [-0.15, -0.1) is 6.58 Å². The van der Waals surface area contributed by atoms with Crippen molar-refractivity contribution in [1.82, 2.24) is 14.5 Å². The standard InChI is InChI=1S/C17H16N4O2/c1-2-8-19-11-18-13-10-20-15(9-14(13)19)16(22)21(17(20)23)12-6-4-3-5-7-12/h2-7,11,15H,1,8-10H2. The second-order valence-electron chi connectivity index (χ2n) is 5.72. The van der Waals surface area contributed by atoms with Gasteiger partial charge in [0.25, 0.3) is 5.91 Å². The van der Waals surface area contributed by atoms with Crippen LogP contribution in [0, 0.1) is 0 Å². The lowest BCUT2D eigenvalue weighted by atomic mass is 10.0.